The molecular weight excluding hydrogens is 224 g/mol. The number of aromatic nitrogens is 2. The van der Waals surface area contributed by atoms with E-state index in [9.17, 15) is 0 Å². The van der Waals surface area contributed by atoms with E-state index < -0.39 is 0 Å². The second-order valence-electron chi connectivity index (χ2n) is 4.55. The fourth-order valence-corrected chi connectivity index (χ4v) is 2.13. The normalized spacial score (nSPS) is 14.4. The first-order valence-electron chi connectivity index (χ1n) is 6.24. The molecule has 0 bridgehead atoms. The van der Waals surface area contributed by atoms with Gasteiger partial charge in [0.1, 0.15) is 5.82 Å². The average molecular weight is 238 g/mol. The van der Waals surface area contributed by atoms with Crippen molar-refractivity contribution in [2.24, 2.45) is 0 Å². The summed E-state index contributed by atoms with van der Waals surface area (Å²) in [5, 5.41) is 8.72. The summed E-state index contributed by atoms with van der Waals surface area (Å²) in [6.07, 6.45) is 4.74. The van der Waals surface area contributed by atoms with Crippen LogP contribution in [0.25, 0.3) is 11.0 Å². The third-order valence-electron chi connectivity index (χ3n) is 3.18. The van der Waals surface area contributed by atoms with E-state index in [-0.39, 0.29) is 0 Å². The van der Waals surface area contributed by atoms with Crippen LogP contribution in [0.15, 0.2) is 30.5 Å². The molecule has 0 amide bonds. The Hall–Kier alpha value is -2.15. The zero-order chi connectivity index (χ0) is 12.4. The van der Waals surface area contributed by atoms with Crippen molar-refractivity contribution in [3.05, 3.63) is 30.5 Å². The highest BCUT2D eigenvalue weighted by molar-refractivity contribution is 5.75. The Morgan fingerprint density at radius 3 is 2.78 bits per heavy atom. The van der Waals surface area contributed by atoms with Crippen LogP contribution < -0.4 is 4.90 Å². The van der Waals surface area contributed by atoms with Crippen molar-refractivity contribution in [2.45, 2.75) is 25.3 Å². The summed E-state index contributed by atoms with van der Waals surface area (Å²) in [6, 6.07) is 10.6. The van der Waals surface area contributed by atoms with E-state index in [0.29, 0.717) is 12.5 Å². The fraction of sp³-hybridized carbons (Fsp3) is 0.357. The standard InChI is InChI=1S/C14H14N4/c15-8-3-9-18(11-6-7-11)14-10-16-12-4-1-2-5-13(12)17-14/h1-2,4-5,10-11H,3,6-7,9H2. The molecule has 1 aliphatic carbocycles. The van der Waals surface area contributed by atoms with Crippen molar-refractivity contribution >= 4 is 16.9 Å². The molecule has 1 fully saturated rings. The van der Waals surface area contributed by atoms with Crippen LogP contribution in [-0.2, 0) is 0 Å². The number of nitrogens with zero attached hydrogens (tertiary/aromatic N) is 4. The first-order valence-corrected chi connectivity index (χ1v) is 6.24. The fourth-order valence-electron chi connectivity index (χ4n) is 2.13. The van der Waals surface area contributed by atoms with Crippen LogP contribution >= 0.6 is 0 Å². The lowest BCUT2D eigenvalue weighted by atomic mass is 10.3. The van der Waals surface area contributed by atoms with Crippen molar-refractivity contribution in [1.82, 2.24) is 9.97 Å². The van der Waals surface area contributed by atoms with Crippen molar-refractivity contribution in [2.75, 3.05) is 11.4 Å². The number of para-hydroxylation sites is 2. The van der Waals surface area contributed by atoms with Gasteiger partial charge in [0.2, 0.25) is 0 Å². The van der Waals surface area contributed by atoms with Gasteiger partial charge in [-0.1, -0.05) is 12.1 Å². The zero-order valence-corrected chi connectivity index (χ0v) is 10.1. The highest BCUT2D eigenvalue weighted by Gasteiger charge is 2.29. The molecule has 1 saturated carbocycles. The maximum atomic E-state index is 8.72. The van der Waals surface area contributed by atoms with Gasteiger partial charge in [-0.3, -0.25) is 4.98 Å². The van der Waals surface area contributed by atoms with Crippen molar-refractivity contribution < 1.29 is 0 Å². The monoisotopic (exact) mass is 238 g/mol. The number of anilines is 1. The molecule has 1 aromatic heterocycles. The second-order valence-corrected chi connectivity index (χ2v) is 4.55. The first kappa shape index (κ1) is 11.0. The van der Waals surface area contributed by atoms with Gasteiger partial charge in [-0.05, 0) is 25.0 Å². The van der Waals surface area contributed by atoms with Crippen LogP contribution in [-0.4, -0.2) is 22.6 Å². The maximum absolute atomic E-state index is 8.72. The molecule has 0 saturated heterocycles. The van der Waals surface area contributed by atoms with Crippen LogP contribution in [0, 0.1) is 11.3 Å². The summed E-state index contributed by atoms with van der Waals surface area (Å²) in [5.41, 5.74) is 1.83. The molecular formula is C14H14N4. The Morgan fingerprint density at radius 1 is 1.28 bits per heavy atom. The van der Waals surface area contributed by atoms with Crippen molar-refractivity contribution in [1.29, 1.82) is 5.26 Å². The Labute approximate surface area is 106 Å². The largest absolute Gasteiger partial charge is 0.351 e. The summed E-state index contributed by atoms with van der Waals surface area (Å²) in [6.45, 7) is 0.744. The molecule has 1 aromatic carbocycles. The number of hydrogen-bond acceptors (Lipinski definition) is 4. The minimum absolute atomic E-state index is 0.533. The van der Waals surface area contributed by atoms with Crippen LogP contribution in [0.1, 0.15) is 19.3 Å². The van der Waals surface area contributed by atoms with Crippen molar-refractivity contribution in [3.63, 3.8) is 0 Å². The Morgan fingerprint density at radius 2 is 2.06 bits per heavy atom. The minimum Gasteiger partial charge on any atom is -0.351 e. The molecule has 2 aromatic rings. The zero-order valence-electron chi connectivity index (χ0n) is 10.1. The summed E-state index contributed by atoms with van der Waals surface area (Å²) in [5.74, 6) is 0.895. The first-order chi connectivity index (χ1) is 8.88. The van der Waals surface area contributed by atoms with Gasteiger partial charge in [-0.15, -0.1) is 0 Å². The van der Waals surface area contributed by atoms with Gasteiger partial charge in [0.15, 0.2) is 0 Å². The topological polar surface area (TPSA) is 52.8 Å². The molecule has 0 unspecified atom stereocenters. The summed E-state index contributed by atoms with van der Waals surface area (Å²) < 4.78 is 0. The van der Waals surface area contributed by atoms with Crippen LogP contribution in [0.2, 0.25) is 0 Å². The lowest BCUT2D eigenvalue weighted by Gasteiger charge is -2.22. The number of hydrogen-bond donors (Lipinski definition) is 0. The van der Waals surface area contributed by atoms with Gasteiger partial charge in [-0.2, -0.15) is 5.26 Å². The number of nitriles is 1. The third kappa shape index (κ3) is 2.12. The number of benzene rings is 1. The highest BCUT2D eigenvalue weighted by atomic mass is 15.2. The number of rotatable bonds is 4. The Balaban J connectivity index is 1.93. The van der Waals surface area contributed by atoms with E-state index in [0.717, 1.165) is 23.4 Å². The summed E-state index contributed by atoms with van der Waals surface area (Å²) in [4.78, 5) is 11.3. The van der Waals surface area contributed by atoms with Gasteiger partial charge in [-0.25, -0.2) is 4.98 Å². The van der Waals surface area contributed by atoms with E-state index in [2.05, 4.69) is 20.9 Å². The van der Waals surface area contributed by atoms with E-state index >= 15 is 0 Å². The molecule has 0 N–H and O–H groups in total. The third-order valence-corrected chi connectivity index (χ3v) is 3.18. The van der Waals surface area contributed by atoms with E-state index in [1.807, 2.05) is 30.5 Å². The predicted octanol–water partition coefficient (Wildman–Crippen LogP) is 2.51. The Bertz CT molecular complexity index is 598. The average Bonchev–Trinajstić information content (AvgIpc) is 3.24. The molecule has 18 heavy (non-hydrogen) atoms. The maximum Gasteiger partial charge on any atom is 0.148 e. The van der Waals surface area contributed by atoms with Crippen LogP contribution in [0.3, 0.4) is 0 Å². The number of fused-ring (bicyclic) bond motifs is 1. The molecule has 4 heteroatoms. The molecule has 0 aliphatic heterocycles. The molecule has 0 radical (unpaired) electrons. The van der Waals surface area contributed by atoms with Gasteiger partial charge < -0.3 is 4.90 Å². The highest BCUT2D eigenvalue weighted by Crippen LogP contribution is 2.30. The molecule has 0 spiro atoms. The molecule has 1 aliphatic rings. The molecule has 1 heterocycles. The lowest BCUT2D eigenvalue weighted by Crippen LogP contribution is -2.27. The van der Waals surface area contributed by atoms with Gasteiger partial charge >= 0.3 is 0 Å². The van der Waals surface area contributed by atoms with Crippen molar-refractivity contribution in [3.8, 4) is 6.07 Å². The lowest BCUT2D eigenvalue weighted by molar-refractivity contribution is 0.778. The quantitative estimate of drug-likeness (QED) is 0.821. The molecule has 3 rings (SSSR count). The molecule has 90 valence electrons. The van der Waals surface area contributed by atoms with Crippen LogP contribution in [0.5, 0.6) is 0 Å². The van der Waals surface area contributed by atoms with Gasteiger partial charge in [0, 0.05) is 12.6 Å². The molecule has 4 nitrogen and oxygen atoms in total. The van der Waals surface area contributed by atoms with Crippen LogP contribution in [0.4, 0.5) is 5.82 Å². The van der Waals surface area contributed by atoms with E-state index in [1.54, 1.807) is 0 Å². The van der Waals surface area contributed by atoms with Gasteiger partial charge in [0.25, 0.3) is 0 Å². The molecule has 0 atom stereocenters. The smallest absolute Gasteiger partial charge is 0.148 e. The van der Waals surface area contributed by atoms with E-state index in [1.165, 1.54) is 12.8 Å². The Kier molecular flexibility index (Phi) is 2.81. The minimum atomic E-state index is 0.533. The second kappa shape index (κ2) is 4.61. The van der Waals surface area contributed by atoms with E-state index in [4.69, 9.17) is 5.26 Å². The summed E-state index contributed by atoms with van der Waals surface area (Å²) >= 11 is 0. The predicted molar refractivity (Wildman–Crippen MR) is 70.1 cm³/mol. The summed E-state index contributed by atoms with van der Waals surface area (Å²) in [7, 11) is 0. The van der Waals surface area contributed by atoms with Gasteiger partial charge in [0.05, 0.1) is 29.7 Å². The SMILES string of the molecule is N#CCCN(c1cnc2ccccc2n1)C1CC1.